The van der Waals surface area contributed by atoms with Crippen molar-refractivity contribution in [3.8, 4) is 22.1 Å². The number of carbonyl (C=O) groups excluding carboxylic acids is 2. The van der Waals surface area contributed by atoms with Crippen LogP contribution in [-0.4, -0.2) is 37.6 Å². The minimum atomic E-state index is -0.331. The largest absolute Gasteiger partial charge is 0.493 e. The van der Waals surface area contributed by atoms with Crippen LogP contribution in [0.25, 0.3) is 10.6 Å². The molecular formula is C22H22ClN3O4S. The fourth-order valence-electron chi connectivity index (χ4n) is 2.83. The van der Waals surface area contributed by atoms with Gasteiger partial charge in [0.1, 0.15) is 5.01 Å². The topological polar surface area (TPSA) is 89.5 Å². The Labute approximate surface area is 189 Å². The monoisotopic (exact) mass is 459 g/mol. The highest BCUT2D eigenvalue weighted by Crippen LogP contribution is 2.33. The van der Waals surface area contributed by atoms with E-state index >= 15 is 0 Å². The van der Waals surface area contributed by atoms with Gasteiger partial charge in [0.2, 0.25) is 11.8 Å². The number of rotatable bonds is 8. The van der Waals surface area contributed by atoms with Crippen LogP contribution in [-0.2, 0) is 16.0 Å². The van der Waals surface area contributed by atoms with Crippen LogP contribution in [0.15, 0.2) is 41.8 Å². The lowest BCUT2D eigenvalue weighted by atomic mass is 10.2. The minimum absolute atomic E-state index is 0.0766. The lowest BCUT2D eigenvalue weighted by Gasteiger charge is -2.10. The molecule has 0 fully saturated rings. The van der Waals surface area contributed by atoms with E-state index in [-0.39, 0.29) is 24.8 Å². The third kappa shape index (κ3) is 5.74. The summed E-state index contributed by atoms with van der Waals surface area (Å²) in [6.07, 6.45) is 0.0766. The molecule has 0 unspecified atom stereocenters. The molecule has 0 radical (unpaired) electrons. The molecule has 0 atom stereocenters. The molecule has 1 aromatic heterocycles. The molecule has 0 aliphatic carbocycles. The van der Waals surface area contributed by atoms with Gasteiger partial charge in [0.15, 0.2) is 11.5 Å². The van der Waals surface area contributed by atoms with Gasteiger partial charge in [0, 0.05) is 21.7 Å². The number of ether oxygens (including phenoxy) is 2. The van der Waals surface area contributed by atoms with E-state index < -0.39 is 0 Å². The van der Waals surface area contributed by atoms with Crippen molar-refractivity contribution in [2.24, 2.45) is 0 Å². The number of nitrogens with one attached hydrogen (secondary N) is 2. The Balaban J connectivity index is 1.55. The van der Waals surface area contributed by atoms with E-state index in [1.165, 1.54) is 11.3 Å². The zero-order valence-corrected chi connectivity index (χ0v) is 18.9. The van der Waals surface area contributed by atoms with E-state index in [1.54, 1.807) is 32.4 Å². The van der Waals surface area contributed by atoms with E-state index in [0.717, 1.165) is 16.1 Å². The highest BCUT2D eigenvalue weighted by atomic mass is 35.5. The summed E-state index contributed by atoms with van der Waals surface area (Å²) in [5.41, 5.74) is 2.88. The standard InChI is InChI=1S/C22H22ClN3O4S/c1-13-16(23)5-4-6-17(13)26-21(28)11-24-20(27)10-15-12-31-22(25-15)14-7-8-18(29-2)19(9-14)30-3/h4-9,12H,10-11H2,1-3H3,(H,24,27)(H,26,28). The molecule has 162 valence electrons. The first kappa shape index (κ1) is 22.6. The molecule has 0 saturated carbocycles. The summed E-state index contributed by atoms with van der Waals surface area (Å²) in [5.74, 6) is 0.620. The zero-order chi connectivity index (χ0) is 22.4. The zero-order valence-electron chi connectivity index (χ0n) is 17.3. The number of anilines is 1. The van der Waals surface area contributed by atoms with Crippen LogP contribution in [0.2, 0.25) is 5.02 Å². The number of nitrogens with zero attached hydrogens (tertiary/aromatic N) is 1. The average molecular weight is 460 g/mol. The minimum Gasteiger partial charge on any atom is -0.493 e. The lowest BCUT2D eigenvalue weighted by molar-refractivity contribution is -0.123. The SMILES string of the molecule is COc1ccc(-c2nc(CC(=O)NCC(=O)Nc3cccc(Cl)c3C)cs2)cc1OC. The molecule has 0 bridgehead atoms. The van der Waals surface area contributed by atoms with Crippen molar-refractivity contribution in [1.29, 1.82) is 0 Å². The van der Waals surface area contributed by atoms with Crippen molar-refractivity contribution in [3.63, 3.8) is 0 Å². The van der Waals surface area contributed by atoms with E-state index in [9.17, 15) is 9.59 Å². The molecule has 0 spiro atoms. The quantitative estimate of drug-likeness (QED) is 0.529. The number of aromatic nitrogens is 1. The average Bonchev–Trinajstić information content (AvgIpc) is 3.23. The van der Waals surface area contributed by atoms with Crippen LogP contribution in [0, 0.1) is 6.92 Å². The summed E-state index contributed by atoms with van der Waals surface area (Å²) >= 11 is 7.48. The summed E-state index contributed by atoms with van der Waals surface area (Å²) < 4.78 is 10.6. The van der Waals surface area contributed by atoms with E-state index in [4.69, 9.17) is 21.1 Å². The maximum atomic E-state index is 12.2. The third-order valence-corrected chi connectivity index (χ3v) is 5.86. The van der Waals surface area contributed by atoms with Gasteiger partial charge >= 0.3 is 0 Å². The van der Waals surface area contributed by atoms with Gasteiger partial charge in [0.05, 0.1) is 32.9 Å². The van der Waals surface area contributed by atoms with E-state index in [1.807, 2.05) is 30.5 Å². The number of thiazole rings is 1. The van der Waals surface area contributed by atoms with Crippen molar-refractivity contribution in [2.45, 2.75) is 13.3 Å². The third-order valence-electron chi connectivity index (χ3n) is 4.51. The Morgan fingerprint density at radius 2 is 1.87 bits per heavy atom. The number of benzene rings is 2. The van der Waals surface area contributed by atoms with Crippen molar-refractivity contribution in [2.75, 3.05) is 26.1 Å². The summed E-state index contributed by atoms with van der Waals surface area (Å²) in [4.78, 5) is 28.9. The number of methoxy groups -OCH3 is 2. The van der Waals surface area contributed by atoms with E-state index in [2.05, 4.69) is 15.6 Å². The summed E-state index contributed by atoms with van der Waals surface area (Å²) in [7, 11) is 3.15. The summed E-state index contributed by atoms with van der Waals surface area (Å²) in [5, 5.41) is 8.50. The van der Waals surface area contributed by atoms with Crippen LogP contribution in [0.4, 0.5) is 5.69 Å². The van der Waals surface area contributed by atoms with Crippen LogP contribution in [0.5, 0.6) is 11.5 Å². The molecule has 0 aliphatic rings. The molecule has 3 aromatic rings. The highest BCUT2D eigenvalue weighted by molar-refractivity contribution is 7.13. The maximum Gasteiger partial charge on any atom is 0.243 e. The smallest absolute Gasteiger partial charge is 0.243 e. The molecule has 1 heterocycles. The van der Waals surface area contributed by atoms with Gasteiger partial charge in [-0.15, -0.1) is 11.3 Å². The Kier molecular flexibility index (Phi) is 7.49. The van der Waals surface area contributed by atoms with Crippen LogP contribution in [0.1, 0.15) is 11.3 Å². The molecule has 2 aromatic carbocycles. The first-order valence-electron chi connectivity index (χ1n) is 9.39. The van der Waals surface area contributed by atoms with Crippen LogP contribution in [0.3, 0.4) is 0 Å². The number of amides is 2. The van der Waals surface area contributed by atoms with Gasteiger partial charge < -0.3 is 20.1 Å². The predicted molar refractivity (Wildman–Crippen MR) is 122 cm³/mol. The summed E-state index contributed by atoms with van der Waals surface area (Å²) in [6, 6.07) is 10.8. The Hall–Kier alpha value is -3.10. The fraction of sp³-hybridized carbons (Fsp3) is 0.227. The van der Waals surface area contributed by atoms with Crippen molar-refractivity contribution < 1.29 is 19.1 Å². The second-order valence-corrected chi connectivity index (χ2v) is 7.89. The lowest BCUT2D eigenvalue weighted by Crippen LogP contribution is -2.34. The molecule has 31 heavy (non-hydrogen) atoms. The second kappa shape index (κ2) is 10.3. The Bertz CT molecular complexity index is 1100. The van der Waals surface area contributed by atoms with Gasteiger partial charge in [-0.3, -0.25) is 9.59 Å². The van der Waals surface area contributed by atoms with Crippen LogP contribution < -0.4 is 20.1 Å². The molecular weight excluding hydrogens is 438 g/mol. The summed E-state index contributed by atoms with van der Waals surface area (Å²) in [6.45, 7) is 1.67. The predicted octanol–water partition coefficient (Wildman–Crippen LogP) is 4.09. The molecule has 3 rings (SSSR count). The maximum absolute atomic E-state index is 12.2. The molecule has 2 amide bonds. The van der Waals surface area contributed by atoms with Crippen LogP contribution >= 0.6 is 22.9 Å². The Morgan fingerprint density at radius 3 is 2.61 bits per heavy atom. The number of hydrogen-bond donors (Lipinski definition) is 2. The van der Waals surface area contributed by atoms with Gasteiger partial charge in [-0.1, -0.05) is 17.7 Å². The van der Waals surface area contributed by atoms with E-state index in [0.29, 0.717) is 27.9 Å². The normalized spacial score (nSPS) is 10.5. The molecule has 0 saturated heterocycles. The number of halogens is 1. The number of hydrogen-bond acceptors (Lipinski definition) is 6. The second-order valence-electron chi connectivity index (χ2n) is 6.63. The van der Waals surface area contributed by atoms with Crippen molar-refractivity contribution in [3.05, 3.63) is 58.1 Å². The first-order chi connectivity index (χ1) is 14.9. The van der Waals surface area contributed by atoms with Gasteiger partial charge in [-0.25, -0.2) is 4.98 Å². The molecule has 0 aliphatic heterocycles. The molecule has 9 heteroatoms. The fourth-order valence-corrected chi connectivity index (χ4v) is 3.82. The van der Waals surface area contributed by atoms with Crippen molar-refractivity contribution in [1.82, 2.24) is 10.3 Å². The van der Waals surface area contributed by atoms with Gasteiger partial charge in [-0.05, 0) is 42.8 Å². The number of carbonyl (C=O) groups is 2. The Morgan fingerprint density at radius 1 is 1.10 bits per heavy atom. The molecule has 2 N–H and O–H groups in total. The van der Waals surface area contributed by atoms with Crippen molar-refractivity contribution >= 4 is 40.4 Å². The van der Waals surface area contributed by atoms with Gasteiger partial charge in [-0.2, -0.15) is 0 Å². The first-order valence-corrected chi connectivity index (χ1v) is 10.7. The highest BCUT2D eigenvalue weighted by Gasteiger charge is 2.13. The van der Waals surface area contributed by atoms with Gasteiger partial charge in [0.25, 0.3) is 0 Å². The molecule has 7 nitrogen and oxygen atoms in total.